The van der Waals surface area contributed by atoms with Crippen LogP contribution in [-0.4, -0.2) is 6.54 Å². The minimum atomic E-state index is -0.914. The van der Waals surface area contributed by atoms with Crippen LogP contribution in [-0.2, 0) is 0 Å². The summed E-state index contributed by atoms with van der Waals surface area (Å²) in [6.07, 6.45) is 0.961. The SMILES string of the molecule is CCNC(CC)c1cccc(Oc2ccc(F)c(F)c2)c1. The monoisotopic (exact) mass is 291 g/mol. The Morgan fingerprint density at radius 2 is 1.76 bits per heavy atom. The highest BCUT2D eigenvalue weighted by molar-refractivity contribution is 5.35. The Morgan fingerprint density at radius 3 is 2.43 bits per heavy atom. The smallest absolute Gasteiger partial charge is 0.162 e. The third-order valence-corrected chi connectivity index (χ3v) is 3.25. The van der Waals surface area contributed by atoms with Crippen molar-refractivity contribution < 1.29 is 13.5 Å². The van der Waals surface area contributed by atoms with Gasteiger partial charge >= 0.3 is 0 Å². The van der Waals surface area contributed by atoms with Crippen LogP contribution in [0.5, 0.6) is 11.5 Å². The maximum absolute atomic E-state index is 13.2. The summed E-state index contributed by atoms with van der Waals surface area (Å²) >= 11 is 0. The molecule has 2 aromatic carbocycles. The molecule has 1 N–H and O–H groups in total. The van der Waals surface area contributed by atoms with Crippen LogP contribution in [0.15, 0.2) is 42.5 Å². The molecule has 2 aromatic rings. The summed E-state index contributed by atoms with van der Waals surface area (Å²) in [5.41, 5.74) is 1.11. The van der Waals surface area contributed by atoms with Crippen LogP contribution in [0.4, 0.5) is 8.78 Å². The molecule has 0 radical (unpaired) electrons. The van der Waals surface area contributed by atoms with E-state index in [1.54, 1.807) is 6.07 Å². The third-order valence-electron chi connectivity index (χ3n) is 3.25. The first-order chi connectivity index (χ1) is 10.1. The largest absolute Gasteiger partial charge is 0.457 e. The van der Waals surface area contributed by atoms with E-state index >= 15 is 0 Å². The summed E-state index contributed by atoms with van der Waals surface area (Å²) in [4.78, 5) is 0. The first-order valence-corrected chi connectivity index (χ1v) is 7.10. The highest BCUT2D eigenvalue weighted by Crippen LogP contribution is 2.26. The molecule has 0 spiro atoms. The molecular formula is C17H19F2NO. The fourth-order valence-corrected chi connectivity index (χ4v) is 2.22. The van der Waals surface area contributed by atoms with Crippen LogP contribution in [0.2, 0.25) is 0 Å². The van der Waals surface area contributed by atoms with Crippen molar-refractivity contribution in [2.45, 2.75) is 26.3 Å². The summed E-state index contributed by atoms with van der Waals surface area (Å²) in [6, 6.07) is 11.4. The molecule has 0 aromatic heterocycles. The molecular weight excluding hydrogens is 272 g/mol. The zero-order chi connectivity index (χ0) is 15.2. The van der Waals surface area contributed by atoms with Gasteiger partial charge in [0.15, 0.2) is 11.6 Å². The highest BCUT2D eigenvalue weighted by Gasteiger charge is 2.09. The van der Waals surface area contributed by atoms with Crippen LogP contribution in [0.1, 0.15) is 31.9 Å². The standard InChI is InChI=1S/C17H19F2NO/c1-3-17(20-4-2)12-6-5-7-13(10-12)21-14-8-9-15(18)16(19)11-14/h5-11,17,20H,3-4H2,1-2H3. The van der Waals surface area contributed by atoms with E-state index < -0.39 is 11.6 Å². The number of hydrogen-bond acceptors (Lipinski definition) is 2. The number of halogens is 2. The van der Waals surface area contributed by atoms with Crippen LogP contribution >= 0.6 is 0 Å². The maximum Gasteiger partial charge on any atom is 0.162 e. The van der Waals surface area contributed by atoms with E-state index in [4.69, 9.17) is 4.74 Å². The van der Waals surface area contributed by atoms with Crippen molar-refractivity contribution in [2.24, 2.45) is 0 Å². The molecule has 0 aliphatic rings. The summed E-state index contributed by atoms with van der Waals surface area (Å²) in [6.45, 7) is 5.05. The molecule has 0 aliphatic heterocycles. The van der Waals surface area contributed by atoms with Gasteiger partial charge in [-0.2, -0.15) is 0 Å². The Kier molecular flexibility index (Phi) is 5.28. The Bertz CT molecular complexity index is 601. The Labute approximate surface area is 123 Å². The average molecular weight is 291 g/mol. The molecule has 112 valence electrons. The van der Waals surface area contributed by atoms with Gasteiger partial charge < -0.3 is 10.1 Å². The van der Waals surface area contributed by atoms with Gasteiger partial charge in [-0.1, -0.05) is 26.0 Å². The fourth-order valence-electron chi connectivity index (χ4n) is 2.22. The Morgan fingerprint density at radius 1 is 1.00 bits per heavy atom. The quantitative estimate of drug-likeness (QED) is 0.824. The predicted molar refractivity (Wildman–Crippen MR) is 79.6 cm³/mol. The fraction of sp³-hybridized carbons (Fsp3) is 0.294. The highest BCUT2D eigenvalue weighted by atomic mass is 19.2. The van der Waals surface area contributed by atoms with Gasteiger partial charge in [-0.15, -0.1) is 0 Å². The molecule has 0 fully saturated rings. The molecule has 1 unspecified atom stereocenters. The molecule has 4 heteroatoms. The van der Waals surface area contributed by atoms with Gasteiger partial charge in [-0.25, -0.2) is 8.78 Å². The molecule has 0 saturated carbocycles. The van der Waals surface area contributed by atoms with Crippen LogP contribution < -0.4 is 10.1 Å². The second kappa shape index (κ2) is 7.18. The van der Waals surface area contributed by atoms with E-state index in [-0.39, 0.29) is 11.8 Å². The van der Waals surface area contributed by atoms with Gasteiger partial charge in [0.05, 0.1) is 0 Å². The molecule has 2 rings (SSSR count). The van der Waals surface area contributed by atoms with Crippen molar-refractivity contribution in [2.75, 3.05) is 6.54 Å². The van der Waals surface area contributed by atoms with E-state index in [9.17, 15) is 8.78 Å². The van der Waals surface area contributed by atoms with Crippen molar-refractivity contribution in [1.29, 1.82) is 0 Å². The lowest BCUT2D eigenvalue weighted by Crippen LogP contribution is -2.19. The van der Waals surface area contributed by atoms with Gasteiger partial charge in [-0.05, 0) is 42.8 Å². The van der Waals surface area contributed by atoms with E-state index in [1.165, 1.54) is 6.07 Å². The van der Waals surface area contributed by atoms with Crippen LogP contribution in [0.25, 0.3) is 0 Å². The second-order valence-electron chi connectivity index (χ2n) is 4.77. The first-order valence-electron chi connectivity index (χ1n) is 7.10. The number of benzene rings is 2. The van der Waals surface area contributed by atoms with Gasteiger partial charge in [0.2, 0.25) is 0 Å². The van der Waals surface area contributed by atoms with Crippen molar-refractivity contribution in [3.8, 4) is 11.5 Å². The van der Waals surface area contributed by atoms with Gasteiger partial charge in [-0.3, -0.25) is 0 Å². The maximum atomic E-state index is 13.2. The van der Waals surface area contributed by atoms with Gasteiger partial charge in [0, 0.05) is 12.1 Å². The molecule has 0 saturated heterocycles. The predicted octanol–water partition coefficient (Wildman–Crippen LogP) is 4.82. The zero-order valence-corrected chi connectivity index (χ0v) is 12.2. The van der Waals surface area contributed by atoms with E-state index in [0.29, 0.717) is 5.75 Å². The van der Waals surface area contributed by atoms with Crippen molar-refractivity contribution >= 4 is 0 Å². The number of rotatable bonds is 6. The molecule has 0 amide bonds. The lowest BCUT2D eigenvalue weighted by Gasteiger charge is -2.17. The average Bonchev–Trinajstić information content (AvgIpc) is 2.49. The van der Waals surface area contributed by atoms with Crippen molar-refractivity contribution in [3.05, 3.63) is 59.7 Å². The van der Waals surface area contributed by atoms with Gasteiger partial charge in [0.25, 0.3) is 0 Å². The Balaban J connectivity index is 2.18. The van der Waals surface area contributed by atoms with Crippen molar-refractivity contribution in [1.82, 2.24) is 5.32 Å². The molecule has 0 aliphatic carbocycles. The summed E-state index contributed by atoms with van der Waals surface area (Å²) in [7, 11) is 0. The zero-order valence-electron chi connectivity index (χ0n) is 12.2. The number of hydrogen-bond donors (Lipinski definition) is 1. The van der Waals surface area contributed by atoms with Crippen LogP contribution in [0, 0.1) is 11.6 Å². The topological polar surface area (TPSA) is 21.3 Å². The van der Waals surface area contributed by atoms with Crippen LogP contribution in [0.3, 0.4) is 0 Å². The minimum Gasteiger partial charge on any atom is -0.457 e. The molecule has 1 atom stereocenters. The second-order valence-corrected chi connectivity index (χ2v) is 4.77. The van der Waals surface area contributed by atoms with E-state index in [0.717, 1.165) is 30.7 Å². The summed E-state index contributed by atoms with van der Waals surface area (Å²) in [5, 5.41) is 3.39. The lowest BCUT2D eigenvalue weighted by atomic mass is 10.0. The third kappa shape index (κ3) is 4.02. The Hall–Kier alpha value is -1.94. The van der Waals surface area contributed by atoms with E-state index in [1.807, 2.05) is 18.2 Å². The molecule has 2 nitrogen and oxygen atoms in total. The number of nitrogens with one attached hydrogen (secondary N) is 1. The number of ether oxygens (including phenoxy) is 1. The lowest BCUT2D eigenvalue weighted by molar-refractivity contribution is 0.459. The summed E-state index contributed by atoms with van der Waals surface area (Å²) < 4.78 is 31.7. The minimum absolute atomic E-state index is 0.253. The molecule has 0 heterocycles. The summed E-state index contributed by atoms with van der Waals surface area (Å²) in [5.74, 6) is -0.908. The first kappa shape index (κ1) is 15.4. The molecule has 0 bridgehead atoms. The van der Waals surface area contributed by atoms with E-state index in [2.05, 4.69) is 19.2 Å². The van der Waals surface area contributed by atoms with Crippen molar-refractivity contribution in [3.63, 3.8) is 0 Å². The normalized spacial score (nSPS) is 12.2. The van der Waals surface area contributed by atoms with Gasteiger partial charge in [0.1, 0.15) is 11.5 Å². The molecule has 21 heavy (non-hydrogen) atoms.